The van der Waals surface area contributed by atoms with Gasteiger partial charge in [0.1, 0.15) is 0 Å². The predicted octanol–water partition coefficient (Wildman–Crippen LogP) is 0.0435. The Bertz CT molecular complexity index is 237. The lowest BCUT2D eigenvalue weighted by Crippen LogP contribution is -2.35. The van der Waals surface area contributed by atoms with Gasteiger partial charge in [0, 0.05) is 19.6 Å². The lowest BCUT2D eigenvalue weighted by atomic mass is 10.6. The third kappa shape index (κ3) is 4.40. The lowest BCUT2D eigenvalue weighted by molar-refractivity contribution is 0.459. The summed E-state index contributed by atoms with van der Waals surface area (Å²) in [6.07, 6.45) is 1.60. The molecule has 0 radical (unpaired) electrons. The van der Waals surface area contributed by atoms with Crippen LogP contribution >= 0.6 is 0 Å². The van der Waals surface area contributed by atoms with Crippen LogP contribution in [-0.4, -0.2) is 45.2 Å². The Balaban J connectivity index is 4.29. The maximum absolute atomic E-state index is 11.5. The van der Waals surface area contributed by atoms with Gasteiger partial charge in [0.2, 0.25) is 10.0 Å². The Morgan fingerprint density at radius 1 is 1.54 bits per heavy atom. The molecule has 0 aliphatic carbocycles. The minimum atomic E-state index is -3.10. The van der Waals surface area contributed by atoms with E-state index in [2.05, 4.69) is 11.9 Å². The van der Waals surface area contributed by atoms with Gasteiger partial charge in [0.15, 0.2) is 0 Å². The summed E-state index contributed by atoms with van der Waals surface area (Å²) in [4.78, 5) is 0. The van der Waals surface area contributed by atoms with Crippen LogP contribution in [0.5, 0.6) is 0 Å². The highest BCUT2D eigenvalue weighted by Gasteiger charge is 2.17. The lowest BCUT2D eigenvalue weighted by Gasteiger charge is -2.18. The normalized spacial score (nSPS) is 11.9. The molecule has 0 spiro atoms. The Kier molecular flexibility index (Phi) is 5.94. The number of nitrogens with one attached hydrogen (secondary N) is 1. The first-order valence-electron chi connectivity index (χ1n) is 4.31. The van der Waals surface area contributed by atoms with Crippen LogP contribution in [0.25, 0.3) is 0 Å². The van der Waals surface area contributed by atoms with Crippen molar-refractivity contribution in [3.05, 3.63) is 12.7 Å². The van der Waals surface area contributed by atoms with Crippen LogP contribution in [0.1, 0.15) is 6.92 Å². The van der Waals surface area contributed by atoms with Gasteiger partial charge in [0.25, 0.3) is 0 Å². The zero-order valence-electron chi connectivity index (χ0n) is 8.28. The molecular weight excluding hydrogens is 188 g/mol. The molecule has 0 saturated carbocycles. The van der Waals surface area contributed by atoms with Crippen molar-refractivity contribution in [2.45, 2.75) is 6.92 Å². The first-order valence-corrected chi connectivity index (χ1v) is 5.92. The van der Waals surface area contributed by atoms with Crippen molar-refractivity contribution >= 4 is 10.0 Å². The second-order valence-corrected chi connectivity index (χ2v) is 4.75. The molecule has 0 saturated heterocycles. The van der Waals surface area contributed by atoms with E-state index in [1.165, 1.54) is 4.31 Å². The van der Waals surface area contributed by atoms with Crippen molar-refractivity contribution in [1.82, 2.24) is 9.62 Å². The summed E-state index contributed by atoms with van der Waals surface area (Å²) < 4.78 is 24.5. The van der Waals surface area contributed by atoms with E-state index in [9.17, 15) is 8.42 Å². The maximum Gasteiger partial charge on any atom is 0.215 e. The fourth-order valence-corrected chi connectivity index (χ4v) is 2.39. The van der Waals surface area contributed by atoms with Gasteiger partial charge >= 0.3 is 0 Å². The van der Waals surface area contributed by atoms with Gasteiger partial charge in [-0.25, -0.2) is 8.42 Å². The van der Waals surface area contributed by atoms with Gasteiger partial charge in [-0.3, -0.25) is 0 Å². The third-order valence-corrected chi connectivity index (χ3v) is 3.60. The van der Waals surface area contributed by atoms with Gasteiger partial charge in [-0.1, -0.05) is 13.0 Å². The molecule has 0 atom stereocenters. The summed E-state index contributed by atoms with van der Waals surface area (Å²) in [6.45, 7) is 6.71. The van der Waals surface area contributed by atoms with E-state index in [0.717, 1.165) is 0 Å². The van der Waals surface area contributed by atoms with E-state index >= 15 is 0 Å². The molecule has 0 heterocycles. The van der Waals surface area contributed by atoms with Crippen molar-refractivity contribution in [1.29, 1.82) is 0 Å². The average Bonchev–Trinajstić information content (AvgIpc) is 2.10. The number of likely N-dealkylation sites (N-methyl/N-ethyl adjacent to an activating group) is 1. The SMILES string of the molecule is C=CCN(CC)S(=O)(=O)CCNC. The molecule has 5 heteroatoms. The summed E-state index contributed by atoms with van der Waals surface area (Å²) in [7, 11) is -1.36. The quantitative estimate of drug-likeness (QED) is 0.599. The molecular formula is C8H18N2O2S. The highest BCUT2D eigenvalue weighted by atomic mass is 32.2. The largest absolute Gasteiger partial charge is 0.319 e. The average molecular weight is 206 g/mol. The number of hydrogen-bond acceptors (Lipinski definition) is 3. The summed E-state index contributed by atoms with van der Waals surface area (Å²) in [6, 6.07) is 0. The highest BCUT2D eigenvalue weighted by molar-refractivity contribution is 7.89. The zero-order chi connectivity index (χ0) is 10.3. The molecule has 13 heavy (non-hydrogen) atoms. The summed E-state index contributed by atoms with van der Waals surface area (Å²) in [5.74, 6) is 0.144. The Hall–Kier alpha value is -0.390. The van der Waals surface area contributed by atoms with E-state index in [1.807, 2.05) is 6.92 Å². The summed E-state index contributed by atoms with van der Waals surface area (Å²) in [5.41, 5.74) is 0. The van der Waals surface area contributed by atoms with Gasteiger partial charge in [-0.05, 0) is 7.05 Å². The van der Waals surface area contributed by atoms with Gasteiger partial charge in [-0.15, -0.1) is 6.58 Å². The molecule has 78 valence electrons. The molecule has 4 nitrogen and oxygen atoms in total. The molecule has 0 aliphatic rings. The van der Waals surface area contributed by atoms with Gasteiger partial charge < -0.3 is 5.32 Å². The van der Waals surface area contributed by atoms with Crippen molar-refractivity contribution < 1.29 is 8.42 Å². The van der Waals surface area contributed by atoms with Crippen LogP contribution in [0.2, 0.25) is 0 Å². The predicted molar refractivity (Wildman–Crippen MR) is 55.2 cm³/mol. The molecule has 0 fully saturated rings. The van der Waals surface area contributed by atoms with Crippen LogP contribution in [0.4, 0.5) is 0 Å². The fourth-order valence-electron chi connectivity index (χ4n) is 0.943. The van der Waals surface area contributed by atoms with E-state index in [4.69, 9.17) is 0 Å². The second kappa shape index (κ2) is 6.12. The molecule has 0 unspecified atom stereocenters. The second-order valence-electron chi connectivity index (χ2n) is 2.66. The minimum Gasteiger partial charge on any atom is -0.319 e. The Morgan fingerprint density at radius 2 is 2.15 bits per heavy atom. The Morgan fingerprint density at radius 3 is 2.54 bits per heavy atom. The monoisotopic (exact) mass is 206 g/mol. The first-order chi connectivity index (χ1) is 6.08. The van der Waals surface area contributed by atoms with Gasteiger partial charge in [-0.2, -0.15) is 4.31 Å². The zero-order valence-corrected chi connectivity index (χ0v) is 9.10. The van der Waals surface area contributed by atoms with Crippen molar-refractivity contribution in [2.24, 2.45) is 0 Å². The molecule has 0 aliphatic heterocycles. The van der Waals surface area contributed by atoms with Crippen LogP contribution in [0.15, 0.2) is 12.7 Å². The molecule has 0 rings (SSSR count). The number of hydrogen-bond donors (Lipinski definition) is 1. The molecule has 1 N–H and O–H groups in total. The highest BCUT2D eigenvalue weighted by Crippen LogP contribution is 2.00. The molecule has 0 bridgehead atoms. The van der Waals surface area contributed by atoms with E-state index in [1.54, 1.807) is 13.1 Å². The fraction of sp³-hybridized carbons (Fsp3) is 0.750. The van der Waals surface area contributed by atoms with E-state index < -0.39 is 10.0 Å². The molecule has 0 aromatic carbocycles. The van der Waals surface area contributed by atoms with E-state index in [0.29, 0.717) is 19.6 Å². The number of nitrogens with zero attached hydrogens (tertiary/aromatic N) is 1. The molecule has 0 aromatic heterocycles. The van der Waals surface area contributed by atoms with Gasteiger partial charge in [0.05, 0.1) is 5.75 Å². The standard InChI is InChI=1S/C8H18N2O2S/c1-4-7-10(5-2)13(11,12)8-6-9-3/h4,9H,1,5-8H2,2-3H3. The summed E-state index contributed by atoms with van der Waals surface area (Å²) in [5, 5.41) is 2.81. The van der Waals surface area contributed by atoms with Crippen LogP contribution in [0, 0.1) is 0 Å². The smallest absolute Gasteiger partial charge is 0.215 e. The Labute approximate surface area is 80.7 Å². The van der Waals surface area contributed by atoms with Crippen molar-refractivity contribution in [3.63, 3.8) is 0 Å². The molecule has 0 amide bonds. The van der Waals surface area contributed by atoms with Crippen molar-refractivity contribution in [2.75, 3.05) is 32.4 Å². The van der Waals surface area contributed by atoms with E-state index in [-0.39, 0.29) is 5.75 Å². The molecule has 0 aromatic rings. The maximum atomic E-state index is 11.5. The van der Waals surface area contributed by atoms with Crippen LogP contribution in [-0.2, 0) is 10.0 Å². The van der Waals surface area contributed by atoms with Crippen molar-refractivity contribution in [3.8, 4) is 0 Å². The minimum absolute atomic E-state index is 0.144. The first kappa shape index (κ1) is 12.6. The number of rotatable bonds is 7. The summed E-state index contributed by atoms with van der Waals surface area (Å²) >= 11 is 0. The topological polar surface area (TPSA) is 49.4 Å². The van der Waals surface area contributed by atoms with Crippen LogP contribution in [0.3, 0.4) is 0 Å². The number of sulfonamides is 1. The third-order valence-electron chi connectivity index (χ3n) is 1.69. The van der Waals surface area contributed by atoms with Crippen LogP contribution < -0.4 is 5.32 Å².